The number of phenolic OH excluding ortho intramolecular Hbond substituents is 1. The first-order chi connectivity index (χ1) is 5.11. The van der Waals surface area contributed by atoms with Crippen LogP contribution in [0.25, 0.3) is 0 Å². The zero-order valence-corrected chi connectivity index (χ0v) is 7.60. The highest BCUT2D eigenvalue weighted by molar-refractivity contribution is 7.80. The van der Waals surface area contributed by atoms with Crippen LogP contribution >= 0.6 is 12.6 Å². The molecule has 0 aliphatic carbocycles. The molecule has 0 bridgehead atoms. The first kappa shape index (κ1) is 8.47. The second-order valence-electron chi connectivity index (χ2n) is 2.74. The van der Waals surface area contributed by atoms with Crippen LogP contribution in [0.4, 0.5) is 0 Å². The molecule has 0 aromatic heterocycles. The molecule has 0 saturated heterocycles. The Labute approximate surface area is 72.5 Å². The maximum atomic E-state index is 9.36. The van der Waals surface area contributed by atoms with Crippen molar-refractivity contribution in [1.82, 2.24) is 0 Å². The Morgan fingerprint density at radius 1 is 1.45 bits per heavy atom. The van der Waals surface area contributed by atoms with Gasteiger partial charge in [-0.15, -0.1) is 0 Å². The molecule has 11 heavy (non-hydrogen) atoms. The molecule has 1 atom stereocenters. The third-order valence-corrected chi connectivity index (χ3v) is 1.91. The van der Waals surface area contributed by atoms with Gasteiger partial charge in [0.25, 0.3) is 0 Å². The lowest BCUT2D eigenvalue weighted by atomic mass is 10.1. The van der Waals surface area contributed by atoms with E-state index >= 15 is 0 Å². The van der Waals surface area contributed by atoms with Gasteiger partial charge in [0.2, 0.25) is 0 Å². The topological polar surface area (TPSA) is 20.2 Å². The van der Waals surface area contributed by atoms with Crippen LogP contribution < -0.4 is 0 Å². The number of phenols is 1. The second kappa shape index (κ2) is 3.18. The molecule has 1 nitrogen and oxygen atoms in total. The zero-order chi connectivity index (χ0) is 8.43. The van der Waals surface area contributed by atoms with Crippen molar-refractivity contribution in [2.45, 2.75) is 19.1 Å². The fourth-order valence-corrected chi connectivity index (χ4v) is 1.22. The molecule has 1 rings (SSSR count). The van der Waals surface area contributed by atoms with E-state index in [-0.39, 0.29) is 5.25 Å². The second-order valence-corrected chi connectivity index (χ2v) is 3.51. The molecule has 0 spiro atoms. The van der Waals surface area contributed by atoms with E-state index in [2.05, 4.69) is 12.6 Å². The van der Waals surface area contributed by atoms with Gasteiger partial charge in [-0.25, -0.2) is 0 Å². The third kappa shape index (κ3) is 1.90. The van der Waals surface area contributed by atoms with Gasteiger partial charge in [-0.3, -0.25) is 0 Å². The normalized spacial score (nSPS) is 13.0. The summed E-state index contributed by atoms with van der Waals surface area (Å²) in [6.45, 7) is 3.94. The number of thiol groups is 1. The highest BCUT2D eigenvalue weighted by Gasteiger charge is 2.04. The van der Waals surface area contributed by atoms with Crippen LogP contribution in [0.2, 0.25) is 0 Å². The molecule has 0 radical (unpaired) electrons. The van der Waals surface area contributed by atoms with Crippen molar-refractivity contribution in [3.8, 4) is 5.75 Å². The molecule has 0 heterocycles. The molecule has 2 heteroatoms. The number of hydrogen-bond acceptors (Lipinski definition) is 2. The predicted molar refractivity (Wildman–Crippen MR) is 50.2 cm³/mol. The Bertz CT molecular complexity index is 256. The van der Waals surface area contributed by atoms with Crippen LogP contribution in [0, 0.1) is 6.92 Å². The van der Waals surface area contributed by atoms with Gasteiger partial charge in [0.05, 0.1) is 0 Å². The third-order valence-electron chi connectivity index (χ3n) is 1.63. The predicted octanol–water partition coefficient (Wildman–Crippen LogP) is 2.69. The van der Waals surface area contributed by atoms with E-state index < -0.39 is 0 Å². The van der Waals surface area contributed by atoms with E-state index in [1.807, 2.05) is 26.0 Å². The van der Waals surface area contributed by atoms with E-state index in [1.54, 1.807) is 6.07 Å². The Morgan fingerprint density at radius 3 is 2.55 bits per heavy atom. The zero-order valence-electron chi connectivity index (χ0n) is 6.70. The minimum Gasteiger partial charge on any atom is -0.508 e. The van der Waals surface area contributed by atoms with Crippen LogP contribution in [0.3, 0.4) is 0 Å². The largest absolute Gasteiger partial charge is 0.508 e. The molecular formula is C9H12OS. The van der Waals surface area contributed by atoms with Crippen LogP contribution in [-0.4, -0.2) is 5.11 Å². The fourth-order valence-electron chi connectivity index (χ4n) is 1.01. The molecule has 1 N–H and O–H groups in total. The Morgan fingerprint density at radius 2 is 2.09 bits per heavy atom. The average Bonchev–Trinajstić information content (AvgIpc) is 1.94. The Balaban J connectivity index is 3.13. The van der Waals surface area contributed by atoms with Gasteiger partial charge < -0.3 is 5.11 Å². The molecule has 0 saturated carbocycles. The summed E-state index contributed by atoms with van der Waals surface area (Å²) in [7, 11) is 0. The van der Waals surface area contributed by atoms with E-state index in [1.165, 1.54) is 0 Å². The highest BCUT2D eigenvalue weighted by atomic mass is 32.1. The van der Waals surface area contributed by atoms with E-state index in [9.17, 15) is 5.11 Å². The van der Waals surface area contributed by atoms with E-state index in [0.29, 0.717) is 5.75 Å². The van der Waals surface area contributed by atoms with Crippen molar-refractivity contribution >= 4 is 12.6 Å². The number of benzene rings is 1. The van der Waals surface area contributed by atoms with Crippen LogP contribution in [0.1, 0.15) is 23.3 Å². The molecular weight excluding hydrogens is 156 g/mol. The van der Waals surface area contributed by atoms with Crippen LogP contribution in [-0.2, 0) is 0 Å². The van der Waals surface area contributed by atoms with E-state index in [0.717, 1.165) is 11.1 Å². The summed E-state index contributed by atoms with van der Waals surface area (Å²) in [6, 6.07) is 5.54. The van der Waals surface area contributed by atoms with Gasteiger partial charge in [-0.1, -0.05) is 17.7 Å². The number of rotatable bonds is 1. The summed E-state index contributed by atoms with van der Waals surface area (Å²) in [6.07, 6.45) is 0. The van der Waals surface area contributed by atoms with Crippen molar-refractivity contribution in [2.75, 3.05) is 0 Å². The quantitative estimate of drug-likeness (QED) is 0.618. The van der Waals surface area contributed by atoms with Crippen molar-refractivity contribution in [3.05, 3.63) is 29.3 Å². The average molecular weight is 168 g/mol. The molecule has 0 amide bonds. The summed E-state index contributed by atoms with van der Waals surface area (Å²) in [5.74, 6) is 0.332. The lowest BCUT2D eigenvalue weighted by Crippen LogP contribution is -1.86. The maximum Gasteiger partial charge on any atom is 0.119 e. The Kier molecular flexibility index (Phi) is 2.45. The highest BCUT2D eigenvalue weighted by Crippen LogP contribution is 2.28. The summed E-state index contributed by atoms with van der Waals surface area (Å²) in [4.78, 5) is 0. The smallest absolute Gasteiger partial charge is 0.119 e. The molecule has 1 aromatic carbocycles. The number of aromatic hydroxyl groups is 1. The van der Waals surface area contributed by atoms with E-state index in [4.69, 9.17) is 0 Å². The number of aryl methyl sites for hydroxylation is 1. The van der Waals surface area contributed by atoms with Crippen molar-refractivity contribution in [2.24, 2.45) is 0 Å². The van der Waals surface area contributed by atoms with Gasteiger partial charge >= 0.3 is 0 Å². The summed E-state index contributed by atoms with van der Waals surface area (Å²) < 4.78 is 0. The molecule has 1 aromatic rings. The monoisotopic (exact) mass is 168 g/mol. The van der Waals surface area contributed by atoms with Gasteiger partial charge in [0.15, 0.2) is 0 Å². The van der Waals surface area contributed by atoms with Gasteiger partial charge in [0, 0.05) is 10.8 Å². The van der Waals surface area contributed by atoms with Crippen LogP contribution in [0.5, 0.6) is 5.75 Å². The van der Waals surface area contributed by atoms with Crippen molar-refractivity contribution in [3.63, 3.8) is 0 Å². The molecule has 0 aliphatic rings. The standard InChI is InChI=1S/C9H12OS/c1-6-3-4-9(10)8(5-6)7(2)11/h3-5,7,10-11H,1-2H3. The van der Waals surface area contributed by atoms with Crippen molar-refractivity contribution < 1.29 is 5.11 Å². The molecule has 0 fully saturated rings. The van der Waals surface area contributed by atoms with Gasteiger partial charge in [-0.05, 0) is 19.9 Å². The lowest BCUT2D eigenvalue weighted by Gasteiger charge is -2.07. The Hall–Kier alpha value is -0.630. The summed E-state index contributed by atoms with van der Waals surface area (Å²) >= 11 is 4.24. The fraction of sp³-hybridized carbons (Fsp3) is 0.333. The molecule has 60 valence electrons. The van der Waals surface area contributed by atoms with Crippen molar-refractivity contribution in [1.29, 1.82) is 0 Å². The summed E-state index contributed by atoms with van der Waals surface area (Å²) in [5, 5.41) is 9.45. The maximum absolute atomic E-state index is 9.36. The SMILES string of the molecule is Cc1ccc(O)c(C(C)S)c1. The van der Waals surface area contributed by atoms with Crippen LogP contribution in [0.15, 0.2) is 18.2 Å². The summed E-state index contributed by atoms with van der Waals surface area (Å²) in [5.41, 5.74) is 2.05. The molecule has 1 unspecified atom stereocenters. The lowest BCUT2D eigenvalue weighted by molar-refractivity contribution is 0.468. The molecule has 0 aliphatic heterocycles. The van der Waals surface area contributed by atoms with Gasteiger partial charge in [-0.2, -0.15) is 12.6 Å². The first-order valence-corrected chi connectivity index (χ1v) is 4.10. The minimum absolute atomic E-state index is 0.0925. The number of hydrogen-bond donors (Lipinski definition) is 2. The van der Waals surface area contributed by atoms with Gasteiger partial charge in [0.1, 0.15) is 5.75 Å². The first-order valence-electron chi connectivity index (χ1n) is 3.59. The minimum atomic E-state index is 0.0925.